The van der Waals surface area contributed by atoms with E-state index in [2.05, 4.69) is 25.9 Å². The molecule has 4 rings (SSSR count). The van der Waals surface area contributed by atoms with Crippen LogP contribution in [-0.2, 0) is 0 Å². The number of pyridine rings is 1. The number of fused-ring (bicyclic) bond motifs is 3. The molecule has 0 amide bonds. The third-order valence-corrected chi connectivity index (χ3v) is 5.43. The predicted octanol–water partition coefficient (Wildman–Crippen LogP) is 2.59. The van der Waals surface area contributed by atoms with Crippen LogP contribution in [0, 0.1) is 10.1 Å². The topological polar surface area (TPSA) is 93.6 Å². The van der Waals surface area contributed by atoms with Gasteiger partial charge < -0.3 is 4.90 Å². The van der Waals surface area contributed by atoms with Crippen LogP contribution in [0.5, 0.6) is 0 Å². The molecule has 0 atom stereocenters. The molecule has 0 aliphatic heterocycles. The molecule has 4 aromatic rings. The molecule has 27 heavy (non-hydrogen) atoms. The van der Waals surface area contributed by atoms with Crippen molar-refractivity contribution >= 4 is 60.8 Å². The van der Waals surface area contributed by atoms with E-state index in [1.807, 2.05) is 0 Å². The number of nitro benzene ring substituents is 1. The number of nitrogens with zero attached hydrogens (tertiary/aromatic N) is 5. The van der Waals surface area contributed by atoms with Crippen molar-refractivity contribution in [1.29, 1.82) is 0 Å². The zero-order valence-corrected chi connectivity index (χ0v) is 16.6. The van der Waals surface area contributed by atoms with Crippen molar-refractivity contribution in [3.8, 4) is 0 Å². The van der Waals surface area contributed by atoms with Crippen LogP contribution in [-0.4, -0.2) is 33.4 Å². The Kier molecular flexibility index (Phi) is 4.16. The smallest absolute Gasteiger partial charge is 0.293 e. The summed E-state index contributed by atoms with van der Waals surface area (Å²) in [6.45, 7) is 0. The lowest BCUT2D eigenvalue weighted by molar-refractivity contribution is -0.384. The lowest BCUT2D eigenvalue weighted by atomic mass is 10.1. The van der Waals surface area contributed by atoms with Gasteiger partial charge in [-0.05, 0) is 39.7 Å². The van der Waals surface area contributed by atoms with Gasteiger partial charge in [0.1, 0.15) is 11.2 Å². The number of aromatic nitrogens is 3. The van der Waals surface area contributed by atoms with E-state index in [0.29, 0.717) is 31.9 Å². The Labute approximate surface area is 164 Å². The minimum Gasteiger partial charge on any atom is -0.372 e. The molecule has 1 aromatic carbocycles. The number of anilines is 1. The first-order chi connectivity index (χ1) is 12.8. The quantitative estimate of drug-likeness (QED) is 0.355. The molecule has 0 unspecified atom stereocenters. The fourth-order valence-electron chi connectivity index (χ4n) is 2.82. The second kappa shape index (κ2) is 6.39. The highest BCUT2D eigenvalue weighted by Crippen LogP contribution is 2.28. The van der Waals surface area contributed by atoms with Crippen molar-refractivity contribution in [1.82, 2.24) is 14.4 Å². The number of halogens is 1. The zero-order valence-electron chi connectivity index (χ0n) is 14.2. The average Bonchev–Trinajstić information content (AvgIpc) is 3.10. The molecular formula is C17H12BrN5O3S. The molecule has 8 nitrogen and oxygen atoms in total. The van der Waals surface area contributed by atoms with Gasteiger partial charge in [-0.2, -0.15) is 0 Å². The van der Waals surface area contributed by atoms with E-state index in [0.717, 1.165) is 4.47 Å². The van der Waals surface area contributed by atoms with E-state index in [1.165, 1.54) is 21.8 Å². The average molecular weight is 446 g/mol. The second-order valence-corrected chi connectivity index (χ2v) is 7.97. The molecule has 0 bridgehead atoms. The van der Waals surface area contributed by atoms with E-state index in [4.69, 9.17) is 0 Å². The van der Waals surface area contributed by atoms with Gasteiger partial charge in [-0.3, -0.25) is 14.9 Å². The van der Waals surface area contributed by atoms with Gasteiger partial charge in [0.05, 0.1) is 9.46 Å². The molecule has 0 spiro atoms. The van der Waals surface area contributed by atoms with Crippen LogP contribution >= 0.6 is 27.3 Å². The second-order valence-electron chi connectivity index (χ2n) is 6.04. The van der Waals surface area contributed by atoms with E-state index in [1.54, 1.807) is 49.5 Å². The fourth-order valence-corrected chi connectivity index (χ4v) is 4.11. The molecule has 10 heteroatoms. The van der Waals surface area contributed by atoms with Crippen molar-refractivity contribution in [2.24, 2.45) is 0 Å². The lowest BCUT2D eigenvalue weighted by Gasteiger charge is -2.12. The van der Waals surface area contributed by atoms with Crippen molar-refractivity contribution in [2.45, 2.75) is 0 Å². The minimum absolute atomic E-state index is 0.0144. The Hall–Kier alpha value is -2.85. The minimum atomic E-state index is -0.429. The van der Waals surface area contributed by atoms with E-state index in [9.17, 15) is 14.9 Å². The van der Waals surface area contributed by atoms with E-state index >= 15 is 0 Å². The summed E-state index contributed by atoms with van der Waals surface area (Å²) in [5.41, 5.74) is 1.94. The first-order valence-electron chi connectivity index (χ1n) is 7.79. The molecule has 0 fully saturated rings. The Balaban J connectivity index is 1.91. The van der Waals surface area contributed by atoms with Gasteiger partial charge in [0.15, 0.2) is 10.6 Å². The van der Waals surface area contributed by atoms with Gasteiger partial charge in [0.2, 0.25) is 0 Å². The van der Waals surface area contributed by atoms with Crippen LogP contribution in [0.2, 0.25) is 0 Å². The normalized spacial score (nSPS) is 12.2. The highest BCUT2D eigenvalue weighted by Gasteiger charge is 2.16. The SMILES string of the molecule is CN(C)c1ccc(/C=c2\sc3nc4cc(Br)cnc4n3c2=O)cc1[N+](=O)[O-]. The maximum atomic E-state index is 12.8. The summed E-state index contributed by atoms with van der Waals surface area (Å²) >= 11 is 4.56. The van der Waals surface area contributed by atoms with Crippen molar-refractivity contribution in [3.63, 3.8) is 0 Å². The van der Waals surface area contributed by atoms with Gasteiger partial charge in [-0.15, -0.1) is 0 Å². The third kappa shape index (κ3) is 2.96. The largest absolute Gasteiger partial charge is 0.372 e. The Morgan fingerprint density at radius 2 is 2.11 bits per heavy atom. The molecule has 3 heterocycles. The van der Waals surface area contributed by atoms with E-state index in [-0.39, 0.29) is 11.2 Å². The summed E-state index contributed by atoms with van der Waals surface area (Å²) in [7, 11) is 3.48. The molecule has 0 saturated carbocycles. The molecule has 0 saturated heterocycles. The number of thiazole rings is 1. The first-order valence-corrected chi connectivity index (χ1v) is 9.40. The van der Waals surface area contributed by atoms with Crippen LogP contribution in [0.15, 0.2) is 39.7 Å². The van der Waals surface area contributed by atoms with Crippen molar-refractivity contribution < 1.29 is 4.92 Å². The van der Waals surface area contributed by atoms with Crippen LogP contribution in [0.3, 0.4) is 0 Å². The molecule has 136 valence electrons. The van der Waals surface area contributed by atoms with Gasteiger partial charge >= 0.3 is 0 Å². The predicted molar refractivity (Wildman–Crippen MR) is 109 cm³/mol. The maximum absolute atomic E-state index is 12.8. The standard InChI is InChI=1S/C17H12BrN5O3S/c1-21(2)12-4-3-9(5-13(12)23(25)26)6-14-16(24)22-15-11(20-17(22)27-14)7-10(18)8-19-15/h3-8H,1-2H3/b14-6-. The molecule has 0 aliphatic rings. The fraction of sp³-hybridized carbons (Fsp3) is 0.118. The molecule has 0 radical (unpaired) electrons. The monoisotopic (exact) mass is 445 g/mol. The summed E-state index contributed by atoms with van der Waals surface area (Å²) in [5, 5.41) is 11.4. The highest BCUT2D eigenvalue weighted by atomic mass is 79.9. The lowest BCUT2D eigenvalue weighted by Crippen LogP contribution is -2.23. The van der Waals surface area contributed by atoms with Crippen molar-refractivity contribution in [2.75, 3.05) is 19.0 Å². The van der Waals surface area contributed by atoms with Crippen LogP contribution < -0.4 is 15.0 Å². The summed E-state index contributed by atoms with van der Waals surface area (Å²) < 4.78 is 2.69. The molecule has 0 aliphatic carbocycles. The van der Waals surface area contributed by atoms with Crippen LogP contribution in [0.25, 0.3) is 22.2 Å². The number of hydrogen-bond donors (Lipinski definition) is 0. The van der Waals surface area contributed by atoms with Gasteiger partial charge in [0.25, 0.3) is 11.2 Å². The Bertz CT molecular complexity index is 1330. The highest BCUT2D eigenvalue weighted by molar-refractivity contribution is 9.10. The number of hydrogen-bond acceptors (Lipinski definition) is 7. The van der Waals surface area contributed by atoms with Crippen LogP contribution in [0.1, 0.15) is 5.56 Å². The number of imidazole rings is 1. The van der Waals surface area contributed by atoms with Crippen LogP contribution in [0.4, 0.5) is 11.4 Å². The number of nitro groups is 1. The number of benzene rings is 1. The van der Waals surface area contributed by atoms with Crippen molar-refractivity contribution in [3.05, 3.63) is 65.5 Å². The third-order valence-electron chi connectivity index (χ3n) is 4.02. The molecule has 3 aromatic heterocycles. The summed E-state index contributed by atoms with van der Waals surface area (Å²) in [5.74, 6) is 0. The Morgan fingerprint density at radius 1 is 1.33 bits per heavy atom. The Morgan fingerprint density at radius 3 is 2.81 bits per heavy atom. The van der Waals surface area contributed by atoms with Gasteiger partial charge in [-0.1, -0.05) is 17.4 Å². The first kappa shape index (κ1) is 17.6. The molecular weight excluding hydrogens is 434 g/mol. The van der Waals surface area contributed by atoms with E-state index < -0.39 is 4.92 Å². The molecule has 0 N–H and O–H groups in total. The number of rotatable bonds is 3. The zero-order chi connectivity index (χ0) is 19.3. The van der Waals surface area contributed by atoms with Gasteiger partial charge in [0, 0.05) is 30.8 Å². The summed E-state index contributed by atoms with van der Waals surface area (Å²) in [6.07, 6.45) is 3.25. The maximum Gasteiger partial charge on any atom is 0.293 e. The summed E-state index contributed by atoms with van der Waals surface area (Å²) in [4.78, 5) is 34.6. The van der Waals surface area contributed by atoms with Gasteiger partial charge in [-0.25, -0.2) is 14.4 Å². The summed E-state index contributed by atoms with van der Waals surface area (Å²) in [6, 6.07) is 6.68.